The van der Waals surface area contributed by atoms with Gasteiger partial charge in [0.05, 0.1) is 17.4 Å². The Hall–Kier alpha value is -3.91. The molecule has 0 atom stereocenters. The lowest BCUT2D eigenvalue weighted by Gasteiger charge is -2.17. The summed E-state index contributed by atoms with van der Waals surface area (Å²) in [4.78, 5) is 31.8. The van der Waals surface area contributed by atoms with Crippen LogP contribution in [0.1, 0.15) is 31.8 Å². The third-order valence-corrected chi connectivity index (χ3v) is 6.63. The molecule has 8 heteroatoms. The highest BCUT2D eigenvalue weighted by atomic mass is 32.2. The molecule has 0 aliphatic carbocycles. The number of carbonyl (C=O) groups is 2. The fourth-order valence-corrected chi connectivity index (χ4v) is 4.79. The molecule has 0 saturated heterocycles. The molecule has 1 N–H and O–H groups in total. The summed E-state index contributed by atoms with van der Waals surface area (Å²) >= 11 is 1.42. The van der Waals surface area contributed by atoms with Crippen molar-refractivity contribution in [1.82, 2.24) is 4.98 Å². The molecule has 0 saturated carbocycles. The van der Waals surface area contributed by atoms with Crippen LogP contribution >= 0.6 is 11.8 Å². The van der Waals surface area contributed by atoms with Gasteiger partial charge in [-0.05, 0) is 66.1 Å². The molecular weight excluding hydrogens is 453 g/mol. The van der Waals surface area contributed by atoms with E-state index >= 15 is 0 Å². The van der Waals surface area contributed by atoms with Gasteiger partial charge >= 0.3 is 0 Å². The van der Waals surface area contributed by atoms with Crippen molar-refractivity contribution in [1.29, 1.82) is 0 Å². The van der Waals surface area contributed by atoms with Gasteiger partial charge in [-0.15, -0.1) is 11.8 Å². The second-order valence-corrected chi connectivity index (χ2v) is 8.75. The molecule has 34 heavy (non-hydrogen) atoms. The van der Waals surface area contributed by atoms with Crippen molar-refractivity contribution >= 4 is 35.0 Å². The predicted molar refractivity (Wildman–Crippen MR) is 129 cm³/mol. The SMILES string of the molecule is O=C(Nc1ccc2c(c1)CCN2C(=O)c1ccoc1)c1cccnc1SCc1ccc(F)cc1. The van der Waals surface area contributed by atoms with Crippen molar-refractivity contribution in [2.45, 2.75) is 17.2 Å². The van der Waals surface area contributed by atoms with Crippen LogP contribution in [0.5, 0.6) is 0 Å². The molecule has 1 aliphatic rings. The van der Waals surface area contributed by atoms with E-state index in [-0.39, 0.29) is 17.6 Å². The number of aromatic nitrogens is 1. The maximum Gasteiger partial charge on any atom is 0.261 e. The highest BCUT2D eigenvalue weighted by molar-refractivity contribution is 7.98. The highest BCUT2D eigenvalue weighted by Crippen LogP contribution is 2.32. The summed E-state index contributed by atoms with van der Waals surface area (Å²) in [6.45, 7) is 0.573. The number of hydrogen-bond acceptors (Lipinski definition) is 5. The number of thioether (sulfide) groups is 1. The Kier molecular flexibility index (Phi) is 6.14. The molecule has 0 fully saturated rings. The van der Waals surface area contributed by atoms with Crippen LogP contribution in [-0.2, 0) is 12.2 Å². The number of pyridine rings is 1. The van der Waals surface area contributed by atoms with Crippen LogP contribution in [-0.4, -0.2) is 23.3 Å². The van der Waals surface area contributed by atoms with E-state index in [9.17, 15) is 14.0 Å². The van der Waals surface area contributed by atoms with Crippen molar-refractivity contribution in [2.75, 3.05) is 16.8 Å². The first-order valence-corrected chi connectivity index (χ1v) is 11.7. The molecule has 0 unspecified atom stereocenters. The van der Waals surface area contributed by atoms with E-state index in [1.54, 1.807) is 47.5 Å². The molecule has 4 aromatic rings. The standard InChI is InChI=1S/C26H20FN3O3S/c27-20-5-3-17(4-6-20)16-34-25-22(2-1-11-28-25)24(31)29-21-7-8-23-18(14-21)9-12-30(23)26(32)19-10-13-33-15-19/h1-8,10-11,13-15H,9,12,16H2,(H,29,31). The Morgan fingerprint density at radius 1 is 1.12 bits per heavy atom. The largest absolute Gasteiger partial charge is 0.472 e. The van der Waals surface area contributed by atoms with Crippen LogP contribution in [0.25, 0.3) is 0 Å². The van der Waals surface area contributed by atoms with E-state index in [0.29, 0.717) is 40.6 Å². The third-order valence-electron chi connectivity index (χ3n) is 5.55. The van der Waals surface area contributed by atoms with Gasteiger partial charge in [-0.1, -0.05) is 12.1 Å². The predicted octanol–water partition coefficient (Wildman–Crippen LogP) is 5.56. The molecule has 170 valence electrons. The normalized spacial score (nSPS) is 12.4. The number of furan rings is 1. The number of amides is 2. The van der Waals surface area contributed by atoms with E-state index in [4.69, 9.17) is 4.42 Å². The Labute approximate surface area is 199 Å². The van der Waals surface area contributed by atoms with Gasteiger partial charge in [-0.3, -0.25) is 9.59 Å². The molecule has 3 heterocycles. The average molecular weight is 474 g/mol. The lowest BCUT2D eigenvalue weighted by Crippen LogP contribution is -2.28. The monoisotopic (exact) mass is 473 g/mol. The van der Waals surface area contributed by atoms with Gasteiger partial charge in [0.2, 0.25) is 0 Å². The fraction of sp³-hybridized carbons (Fsp3) is 0.115. The summed E-state index contributed by atoms with van der Waals surface area (Å²) in [7, 11) is 0. The second kappa shape index (κ2) is 9.52. The van der Waals surface area contributed by atoms with Crippen molar-refractivity contribution in [3.8, 4) is 0 Å². The Morgan fingerprint density at radius 2 is 1.97 bits per heavy atom. The van der Waals surface area contributed by atoms with Crippen LogP contribution in [0.3, 0.4) is 0 Å². The Bertz CT molecular complexity index is 1340. The molecular formula is C26H20FN3O3S. The van der Waals surface area contributed by atoms with Gasteiger partial charge in [0.15, 0.2) is 0 Å². The first kappa shape index (κ1) is 21.9. The summed E-state index contributed by atoms with van der Waals surface area (Å²) in [5.74, 6) is -0.0897. The summed E-state index contributed by atoms with van der Waals surface area (Å²) in [5.41, 5.74) is 4.39. The number of fused-ring (bicyclic) bond motifs is 1. The minimum Gasteiger partial charge on any atom is -0.472 e. The average Bonchev–Trinajstić information content (AvgIpc) is 3.54. The fourth-order valence-electron chi connectivity index (χ4n) is 3.84. The number of nitrogens with zero attached hydrogens (tertiary/aromatic N) is 2. The Balaban J connectivity index is 1.29. The topological polar surface area (TPSA) is 75.4 Å². The number of benzene rings is 2. The van der Waals surface area contributed by atoms with E-state index in [0.717, 1.165) is 16.8 Å². The van der Waals surface area contributed by atoms with E-state index < -0.39 is 0 Å². The van der Waals surface area contributed by atoms with E-state index in [1.807, 2.05) is 12.1 Å². The molecule has 2 aromatic heterocycles. The Morgan fingerprint density at radius 3 is 2.76 bits per heavy atom. The van der Waals surface area contributed by atoms with Gasteiger partial charge in [0, 0.05) is 29.9 Å². The smallest absolute Gasteiger partial charge is 0.261 e. The highest BCUT2D eigenvalue weighted by Gasteiger charge is 2.26. The molecule has 5 rings (SSSR count). The van der Waals surface area contributed by atoms with Gasteiger partial charge in [0.1, 0.15) is 17.1 Å². The molecule has 2 amide bonds. The number of anilines is 2. The van der Waals surface area contributed by atoms with Crippen molar-refractivity contribution in [3.63, 3.8) is 0 Å². The van der Waals surface area contributed by atoms with Gasteiger partial charge in [-0.25, -0.2) is 9.37 Å². The maximum absolute atomic E-state index is 13.1. The summed E-state index contributed by atoms with van der Waals surface area (Å²) in [6, 6.07) is 16.9. The minimum absolute atomic E-state index is 0.109. The number of hydrogen-bond donors (Lipinski definition) is 1. The zero-order chi connectivity index (χ0) is 23.5. The molecule has 2 aromatic carbocycles. The van der Waals surface area contributed by atoms with E-state index in [2.05, 4.69) is 10.3 Å². The third kappa shape index (κ3) is 4.58. The van der Waals surface area contributed by atoms with Crippen molar-refractivity contribution in [2.24, 2.45) is 0 Å². The minimum atomic E-state index is -0.282. The lowest BCUT2D eigenvalue weighted by molar-refractivity contribution is 0.0986. The molecule has 0 bridgehead atoms. The van der Waals surface area contributed by atoms with Crippen molar-refractivity contribution < 1.29 is 18.4 Å². The zero-order valence-corrected chi connectivity index (χ0v) is 18.8. The summed E-state index contributed by atoms with van der Waals surface area (Å²) in [6.07, 6.45) is 5.26. The van der Waals surface area contributed by atoms with Crippen LogP contribution in [0.2, 0.25) is 0 Å². The molecule has 1 aliphatic heterocycles. The summed E-state index contributed by atoms with van der Waals surface area (Å²) in [5, 5.41) is 3.54. The first-order chi connectivity index (χ1) is 16.6. The molecule has 6 nitrogen and oxygen atoms in total. The van der Waals surface area contributed by atoms with E-state index in [1.165, 1.54) is 36.4 Å². The molecule has 0 spiro atoms. The van der Waals surface area contributed by atoms with Crippen LogP contribution in [0, 0.1) is 5.82 Å². The van der Waals surface area contributed by atoms with Gasteiger partial charge in [-0.2, -0.15) is 0 Å². The number of carbonyl (C=O) groups excluding carboxylic acids is 2. The second-order valence-electron chi connectivity index (χ2n) is 7.79. The lowest BCUT2D eigenvalue weighted by atomic mass is 10.1. The zero-order valence-electron chi connectivity index (χ0n) is 18.0. The number of nitrogens with one attached hydrogen (secondary N) is 1. The van der Waals surface area contributed by atoms with Crippen LogP contribution < -0.4 is 10.2 Å². The van der Waals surface area contributed by atoms with Gasteiger partial charge in [0.25, 0.3) is 11.8 Å². The van der Waals surface area contributed by atoms with Crippen LogP contribution in [0.4, 0.5) is 15.8 Å². The first-order valence-electron chi connectivity index (χ1n) is 10.7. The van der Waals surface area contributed by atoms with Crippen molar-refractivity contribution in [3.05, 3.63) is 107 Å². The number of halogens is 1. The molecule has 0 radical (unpaired) electrons. The number of rotatable bonds is 6. The maximum atomic E-state index is 13.1. The van der Waals surface area contributed by atoms with Crippen LogP contribution in [0.15, 0.2) is 88.8 Å². The summed E-state index contributed by atoms with van der Waals surface area (Å²) < 4.78 is 18.2. The quantitative estimate of drug-likeness (QED) is 0.371. The van der Waals surface area contributed by atoms with Gasteiger partial charge < -0.3 is 14.6 Å².